The Morgan fingerprint density at radius 3 is 2.33 bits per heavy atom. The third-order valence-electron chi connectivity index (χ3n) is 7.05. The van der Waals surface area contributed by atoms with Crippen LogP contribution in [0.4, 0.5) is 5.69 Å². The van der Waals surface area contributed by atoms with E-state index in [0.717, 1.165) is 31.2 Å². The Balaban J connectivity index is 1.61. The summed E-state index contributed by atoms with van der Waals surface area (Å²) in [4.78, 5) is 28.6. The molecular formula is C30H34ClN3O5. The van der Waals surface area contributed by atoms with Crippen molar-refractivity contribution in [1.82, 2.24) is 4.90 Å². The highest BCUT2D eigenvalue weighted by molar-refractivity contribution is 6.31. The number of nitrogens with two attached hydrogens (primary N) is 1. The maximum absolute atomic E-state index is 13.9. The molecular weight excluding hydrogens is 518 g/mol. The first-order valence-corrected chi connectivity index (χ1v) is 13.2. The van der Waals surface area contributed by atoms with Gasteiger partial charge in [0.2, 0.25) is 0 Å². The van der Waals surface area contributed by atoms with Crippen LogP contribution < -0.4 is 25.3 Å². The van der Waals surface area contributed by atoms with Crippen molar-refractivity contribution >= 4 is 29.1 Å². The van der Waals surface area contributed by atoms with E-state index in [1.165, 1.54) is 7.11 Å². The molecule has 0 bridgehead atoms. The minimum atomic E-state index is -0.276. The van der Waals surface area contributed by atoms with Crippen LogP contribution in [0.5, 0.6) is 17.2 Å². The minimum absolute atomic E-state index is 0.00325. The number of hydrogen-bond acceptors (Lipinski definition) is 6. The van der Waals surface area contributed by atoms with Crippen molar-refractivity contribution in [2.75, 3.05) is 26.6 Å². The fourth-order valence-electron chi connectivity index (χ4n) is 4.84. The van der Waals surface area contributed by atoms with Crippen molar-refractivity contribution < 1.29 is 23.8 Å². The second kappa shape index (κ2) is 12.9. The van der Waals surface area contributed by atoms with Gasteiger partial charge in [-0.3, -0.25) is 9.59 Å². The van der Waals surface area contributed by atoms with Crippen LogP contribution in [0.15, 0.2) is 60.7 Å². The standard InChI is InChI=1S/C30H34ClN3O5/c1-37-25-6-4-5-19(16-25)29(35)33-23-10-13-26(31)21(15-23)18-34(24-11-8-22(32)9-12-24)30(36)20-7-14-27(38-2)28(17-20)39-3/h4-7,10,13-17,22,24H,8-9,11-12,18,32H2,1-3H3,(H,33,35). The summed E-state index contributed by atoms with van der Waals surface area (Å²) < 4.78 is 16.0. The lowest BCUT2D eigenvalue weighted by Crippen LogP contribution is -2.44. The average molecular weight is 552 g/mol. The SMILES string of the molecule is COc1cccc(C(=O)Nc2ccc(Cl)c(CN(C(=O)c3ccc(OC)c(OC)c3)C3CCC(N)CC3)c2)c1. The normalized spacial score (nSPS) is 16.7. The predicted molar refractivity (Wildman–Crippen MR) is 152 cm³/mol. The molecule has 1 aliphatic carbocycles. The van der Waals surface area contributed by atoms with Crippen LogP contribution in [-0.2, 0) is 6.54 Å². The Kier molecular flexibility index (Phi) is 9.32. The molecule has 39 heavy (non-hydrogen) atoms. The number of ether oxygens (including phenoxy) is 3. The van der Waals surface area contributed by atoms with Gasteiger partial charge in [-0.25, -0.2) is 0 Å². The van der Waals surface area contributed by atoms with Crippen LogP contribution in [0.3, 0.4) is 0 Å². The molecule has 0 atom stereocenters. The molecule has 3 aromatic rings. The van der Waals surface area contributed by atoms with E-state index < -0.39 is 0 Å². The smallest absolute Gasteiger partial charge is 0.255 e. The molecule has 0 saturated heterocycles. The number of nitrogens with zero attached hydrogens (tertiary/aromatic N) is 1. The number of carbonyl (C=O) groups is 2. The monoisotopic (exact) mass is 551 g/mol. The largest absolute Gasteiger partial charge is 0.497 e. The Morgan fingerprint density at radius 2 is 1.64 bits per heavy atom. The fourth-order valence-corrected chi connectivity index (χ4v) is 5.02. The molecule has 3 aromatic carbocycles. The zero-order valence-corrected chi connectivity index (χ0v) is 23.2. The molecule has 0 aliphatic heterocycles. The van der Waals surface area contributed by atoms with Crippen molar-refractivity contribution in [3.63, 3.8) is 0 Å². The summed E-state index contributed by atoms with van der Waals surface area (Å²) in [6, 6.07) is 17.5. The summed E-state index contributed by atoms with van der Waals surface area (Å²) >= 11 is 6.61. The molecule has 1 aliphatic rings. The van der Waals surface area contributed by atoms with Gasteiger partial charge in [-0.05, 0) is 85.8 Å². The molecule has 0 radical (unpaired) electrons. The lowest BCUT2D eigenvalue weighted by molar-refractivity contribution is 0.0606. The molecule has 1 fully saturated rings. The lowest BCUT2D eigenvalue weighted by Gasteiger charge is -2.36. The van der Waals surface area contributed by atoms with Gasteiger partial charge in [-0.15, -0.1) is 0 Å². The lowest BCUT2D eigenvalue weighted by atomic mass is 9.90. The number of benzene rings is 3. The number of nitrogens with one attached hydrogen (secondary N) is 1. The highest BCUT2D eigenvalue weighted by atomic mass is 35.5. The number of carbonyl (C=O) groups excluding carboxylic acids is 2. The molecule has 0 unspecified atom stereocenters. The summed E-state index contributed by atoms with van der Waals surface area (Å²) in [6.07, 6.45) is 3.27. The Labute approximate surface area is 234 Å². The van der Waals surface area contributed by atoms with E-state index in [-0.39, 0.29) is 30.4 Å². The van der Waals surface area contributed by atoms with E-state index >= 15 is 0 Å². The molecule has 206 valence electrons. The fraction of sp³-hybridized carbons (Fsp3) is 0.333. The number of rotatable bonds is 9. The van der Waals surface area contributed by atoms with E-state index in [2.05, 4.69) is 5.32 Å². The average Bonchev–Trinajstić information content (AvgIpc) is 2.97. The maximum Gasteiger partial charge on any atom is 0.255 e. The van der Waals surface area contributed by atoms with Crippen molar-refractivity contribution in [3.8, 4) is 17.2 Å². The molecule has 4 rings (SSSR count). The van der Waals surface area contributed by atoms with Crippen LogP contribution in [0, 0.1) is 0 Å². The summed E-state index contributed by atoms with van der Waals surface area (Å²) in [5.41, 5.74) is 8.42. The second-order valence-corrected chi connectivity index (χ2v) is 9.97. The first-order chi connectivity index (χ1) is 18.8. The van der Waals surface area contributed by atoms with Crippen molar-refractivity contribution in [2.24, 2.45) is 5.73 Å². The first-order valence-electron chi connectivity index (χ1n) is 12.8. The summed E-state index contributed by atoms with van der Waals surface area (Å²) in [7, 11) is 4.65. The quantitative estimate of drug-likeness (QED) is 0.362. The summed E-state index contributed by atoms with van der Waals surface area (Å²) in [6.45, 7) is 0.273. The third kappa shape index (κ3) is 6.82. The topological polar surface area (TPSA) is 103 Å². The van der Waals surface area contributed by atoms with Gasteiger partial charge in [0, 0.05) is 40.5 Å². The van der Waals surface area contributed by atoms with Crippen LogP contribution in [-0.4, -0.2) is 50.1 Å². The van der Waals surface area contributed by atoms with E-state index in [1.54, 1.807) is 68.8 Å². The first kappa shape index (κ1) is 28.3. The van der Waals surface area contributed by atoms with Crippen LogP contribution in [0.2, 0.25) is 5.02 Å². The Bertz CT molecular complexity index is 1320. The highest BCUT2D eigenvalue weighted by Crippen LogP contribution is 2.32. The molecule has 9 heteroatoms. The molecule has 1 saturated carbocycles. The summed E-state index contributed by atoms with van der Waals surface area (Å²) in [5.74, 6) is 1.21. The number of amides is 2. The zero-order chi connectivity index (χ0) is 27.9. The van der Waals surface area contributed by atoms with E-state index in [0.29, 0.717) is 39.1 Å². The number of hydrogen-bond donors (Lipinski definition) is 2. The van der Waals surface area contributed by atoms with Crippen molar-refractivity contribution in [3.05, 3.63) is 82.4 Å². The summed E-state index contributed by atoms with van der Waals surface area (Å²) in [5, 5.41) is 3.43. The third-order valence-corrected chi connectivity index (χ3v) is 7.42. The van der Waals surface area contributed by atoms with E-state index in [9.17, 15) is 9.59 Å². The maximum atomic E-state index is 13.9. The van der Waals surface area contributed by atoms with Gasteiger partial charge in [0.1, 0.15) is 5.75 Å². The molecule has 3 N–H and O–H groups in total. The number of halogens is 1. The molecule has 0 aromatic heterocycles. The van der Waals surface area contributed by atoms with E-state index in [4.69, 9.17) is 31.5 Å². The second-order valence-electron chi connectivity index (χ2n) is 9.56. The van der Waals surface area contributed by atoms with Gasteiger partial charge in [0.05, 0.1) is 21.3 Å². The van der Waals surface area contributed by atoms with Gasteiger partial charge in [-0.1, -0.05) is 17.7 Å². The number of anilines is 1. The number of methoxy groups -OCH3 is 3. The van der Waals surface area contributed by atoms with Crippen LogP contribution in [0.1, 0.15) is 52.0 Å². The van der Waals surface area contributed by atoms with Gasteiger partial charge in [-0.2, -0.15) is 0 Å². The van der Waals surface area contributed by atoms with E-state index in [1.807, 2.05) is 11.0 Å². The van der Waals surface area contributed by atoms with Crippen LogP contribution in [0.25, 0.3) is 0 Å². The van der Waals surface area contributed by atoms with Crippen molar-refractivity contribution in [1.29, 1.82) is 0 Å². The highest BCUT2D eigenvalue weighted by Gasteiger charge is 2.29. The van der Waals surface area contributed by atoms with Gasteiger partial charge in [0.15, 0.2) is 11.5 Å². The molecule has 0 heterocycles. The molecule has 2 amide bonds. The van der Waals surface area contributed by atoms with Crippen LogP contribution >= 0.6 is 11.6 Å². The zero-order valence-electron chi connectivity index (χ0n) is 22.4. The Morgan fingerprint density at radius 1 is 0.897 bits per heavy atom. The Hall–Kier alpha value is -3.75. The van der Waals surface area contributed by atoms with Gasteiger partial charge in [0.25, 0.3) is 11.8 Å². The minimum Gasteiger partial charge on any atom is -0.497 e. The predicted octanol–water partition coefficient (Wildman–Crippen LogP) is 5.53. The molecule has 0 spiro atoms. The van der Waals surface area contributed by atoms with Gasteiger partial charge >= 0.3 is 0 Å². The van der Waals surface area contributed by atoms with Gasteiger partial charge < -0.3 is 30.2 Å². The molecule has 8 nitrogen and oxygen atoms in total. The van der Waals surface area contributed by atoms with Crippen molar-refractivity contribution in [2.45, 2.75) is 44.3 Å².